The number of anilines is 1. The predicted molar refractivity (Wildman–Crippen MR) is 77.2 cm³/mol. The van der Waals surface area contributed by atoms with E-state index in [1.54, 1.807) is 0 Å². The van der Waals surface area contributed by atoms with Gasteiger partial charge in [-0.25, -0.2) is 9.97 Å². The van der Waals surface area contributed by atoms with E-state index < -0.39 is 0 Å². The molecule has 4 nitrogen and oxygen atoms in total. The van der Waals surface area contributed by atoms with Crippen LogP contribution < -0.4 is 10.6 Å². The maximum Gasteiger partial charge on any atom is 0.225 e. The Balaban J connectivity index is 2.05. The quantitative estimate of drug-likeness (QED) is 0.904. The fourth-order valence-corrected chi connectivity index (χ4v) is 2.53. The number of nitrogens with two attached hydrogens (primary N) is 1. The summed E-state index contributed by atoms with van der Waals surface area (Å²) in [5.74, 6) is 0.751. The number of likely N-dealkylation sites (N-methyl/N-ethyl adjacent to an activating group) is 1. The average Bonchev–Trinajstić information content (AvgIpc) is 2.47. The Morgan fingerprint density at radius 2 is 2.00 bits per heavy atom. The summed E-state index contributed by atoms with van der Waals surface area (Å²) in [4.78, 5) is 11.2. The normalized spacial score (nSPS) is 12.7. The monoisotopic (exact) mass is 254 g/mol. The van der Waals surface area contributed by atoms with Crippen LogP contribution in [0.25, 0.3) is 11.3 Å². The zero-order chi connectivity index (χ0) is 13.2. The molecule has 3 rings (SSSR count). The lowest BCUT2D eigenvalue weighted by atomic mass is 9.90. The van der Waals surface area contributed by atoms with Crippen LogP contribution in [0.15, 0.2) is 30.5 Å². The molecule has 2 aromatic rings. The van der Waals surface area contributed by atoms with Gasteiger partial charge in [0.05, 0.1) is 5.69 Å². The SMILES string of the molecule is CN(CCN)c1ncc2c(n1)-c1ccccc1CC2. The molecule has 4 heteroatoms. The van der Waals surface area contributed by atoms with Crippen LogP contribution in [0.2, 0.25) is 0 Å². The first-order valence-corrected chi connectivity index (χ1v) is 6.65. The first kappa shape index (κ1) is 12.1. The Labute approximate surface area is 113 Å². The molecule has 0 radical (unpaired) electrons. The minimum atomic E-state index is 0.605. The molecule has 0 unspecified atom stereocenters. The van der Waals surface area contributed by atoms with Crippen molar-refractivity contribution in [1.82, 2.24) is 9.97 Å². The van der Waals surface area contributed by atoms with Crippen LogP contribution in [0.5, 0.6) is 0 Å². The van der Waals surface area contributed by atoms with Gasteiger partial charge in [-0.15, -0.1) is 0 Å². The number of fused-ring (bicyclic) bond motifs is 3. The minimum absolute atomic E-state index is 0.605. The Bertz CT molecular complexity index is 594. The molecule has 0 spiro atoms. The smallest absolute Gasteiger partial charge is 0.225 e. The first-order valence-electron chi connectivity index (χ1n) is 6.65. The van der Waals surface area contributed by atoms with Crippen molar-refractivity contribution < 1.29 is 0 Å². The molecular formula is C15H18N4. The highest BCUT2D eigenvalue weighted by atomic mass is 15.2. The summed E-state index contributed by atoms with van der Waals surface area (Å²) in [6.07, 6.45) is 4.05. The van der Waals surface area contributed by atoms with Gasteiger partial charge in [0.2, 0.25) is 5.95 Å². The van der Waals surface area contributed by atoms with Gasteiger partial charge in [-0.3, -0.25) is 0 Å². The van der Waals surface area contributed by atoms with Gasteiger partial charge in [-0.1, -0.05) is 24.3 Å². The highest BCUT2D eigenvalue weighted by Crippen LogP contribution is 2.32. The molecule has 0 atom stereocenters. The minimum Gasteiger partial charge on any atom is -0.343 e. The van der Waals surface area contributed by atoms with Crippen LogP contribution in [0.1, 0.15) is 11.1 Å². The zero-order valence-corrected chi connectivity index (χ0v) is 11.1. The van der Waals surface area contributed by atoms with Gasteiger partial charge >= 0.3 is 0 Å². The topological polar surface area (TPSA) is 55.0 Å². The van der Waals surface area contributed by atoms with E-state index in [1.807, 2.05) is 18.1 Å². The fraction of sp³-hybridized carbons (Fsp3) is 0.333. The summed E-state index contributed by atoms with van der Waals surface area (Å²) in [6.45, 7) is 1.37. The third-order valence-corrected chi connectivity index (χ3v) is 3.59. The van der Waals surface area contributed by atoms with Crippen LogP contribution in [-0.2, 0) is 12.8 Å². The molecule has 1 aromatic heterocycles. The van der Waals surface area contributed by atoms with E-state index in [4.69, 9.17) is 10.7 Å². The Morgan fingerprint density at radius 3 is 2.84 bits per heavy atom. The van der Waals surface area contributed by atoms with E-state index >= 15 is 0 Å². The number of nitrogens with zero attached hydrogens (tertiary/aromatic N) is 3. The Morgan fingerprint density at radius 1 is 1.21 bits per heavy atom. The van der Waals surface area contributed by atoms with Crippen molar-refractivity contribution in [3.8, 4) is 11.3 Å². The molecule has 0 saturated heterocycles. The van der Waals surface area contributed by atoms with Crippen LogP contribution in [0.3, 0.4) is 0 Å². The fourth-order valence-electron chi connectivity index (χ4n) is 2.53. The molecule has 1 aliphatic carbocycles. The molecule has 0 amide bonds. The number of hydrogen-bond acceptors (Lipinski definition) is 4. The van der Waals surface area contributed by atoms with Crippen LogP contribution in [0, 0.1) is 0 Å². The molecule has 19 heavy (non-hydrogen) atoms. The maximum atomic E-state index is 5.58. The van der Waals surface area contributed by atoms with Gasteiger partial charge in [0.25, 0.3) is 0 Å². The second kappa shape index (κ2) is 4.97. The van der Waals surface area contributed by atoms with Gasteiger partial charge in [0.1, 0.15) is 0 Å². The predicted octanol–water partition coefficient (Wildman–Crippen LogP) is 1.64. The lowest BCUT2D eigenvalue weighted by molar-refractivity contribution is 0.833. The van der Waals surface area contributed by atoms with Gasteiger partial charge in [0.15, 0.2) is 0 Å². The number of rotatable bonds is 3. The molecule has 2 N–H and O–H groups in total. The average molecular weight is 254 g/mol. The lowest BCUT2D eigenvalue weighted by Gasteiger charge is -2.21. The van der Waals surface area contributed by atoms with E-state index in [-0.39, 0.29) is 0 Å². The second-order valence-electron chi connectivity index (χ2n) is 4.91. The summed E-state index contributed by atoms with van der Waals surface area (Å²) in [5, 5.41) is 0. The Hall–Kier alpha value is -1.94. The van der Waals surface area contributed by atoms with E-state index in [2.05, 4.69) is 29.2 Å². The Kier molecular flexibility index (Phi) is 3.17. The van der Waals surface area contributed by atoms with Crippen molar-refractivity contribution >= 4 is 5.95 Å². The van der Waals surface area contributed by atoms with Crippen LogP contribution in [-0.4, -0.2) is 30.1 Å². The summed E-state index contributed by atoms with van der Waals surface area (Å²) in [7, 11) is 1.98. The third-order valence-electron chi connectivity index (χ3n) is 3.59. The highest BCUT2D eigenvalue weighted by molar-refractivity contribution is 5.70. The summed E-state index contributed by atoms with van der Waals surface area (Å²) >= 11 is 0. The number of benzene rings is 1. The molecule has 1 aromatic carbocycles. The molecule has 1 aliphatic rings. The van der Waals surface area contributed by atoms with E-state index in [9.17, 15) is 0 Å². The van der Waals surface area contributed by atoms with Gasteiger partial charge in [0, 0.05) is 31.9 Å². The molecular weight excluding hydrogens is 236 g/mol. The van der Waals surface area contributed by atoms with E-state index in [1.165, 1.54) is 16.7 Å². The number of hydrogen-bond donors (Lipinski definition) is 1. The largest absolute Gasteiger partial charge is 0.343 e. The summed E-state index contributed by atoms with van der Waals surface area (Å²) in [5.41, 5.74) is 10.5. The molecule has 1 heterocycles. The van der Waals surface area contributed by atoms with Gasteiger partial charge in [-0.2, -0.15) is 0 Å². The van der Waals surface area contributed by atoms with Crippen molar-refractivity contribution in [3.63, 3.8) is 0 Å². The second-order valence-corrected chi connectivity index (χ2v) is 4.91. The zero-order valence-electron chi connectivity index (χ0n) is 11.1. The molecule has 0 fully saturated rings. The summed E-state index contributed by atoms with van der Waals surface area (Å²) < 4.78 is 0. The molecule has 0 saturated carbocycles. The lowest BCUT2D eigenvalue weighted by Crippen LogP contribution is -2.27. The first-order chi connectivity index (χ1) is 9.29. The van der Waals surface area contributed by atoms with E-state index in [0.717, 1.165) is 31.0 Å². The van der Waals surface area contributed by atoms with Crippen molar-refractivity contribution in [2.24, 2.45) is 5.73 Å². The van der Waals surface area contributed by atoms with Gasteiger partial charge < -0.3 is 10.6 Å². The van der Waals surface area contributed by atoms with Crippen molar-refractivity contribution in [3.05, 3.63) is 41.6 Å². The highest BCUT2D eigenvalue weighted by Gasteiger charge is 2.18. The molecule has 98 valence electrons. The standard InChI is InChI=1S/C15H18N4/c1-19(9-8-16)15-17-10-12-7-6-11-4-2-3-5-13(11)14(12)18-15/h2-5,10H,6-9,16H2,1H3. The third kappa shape index (κ3) is 2.19. The van der Waals surface area contributed by atoms with Crippen molar-refractivity contribution in [2.75, 3.05) is 25.0 Å². The van der Waals surface area contributed by atoms with E-state index in [0.29, 0.717) is 6.54 Å². The van der Waals surface area contributed by atoms with Crippen molar-refractivity contribution in [1.29, 1.82) is 0 Å². The number of aromatic nitrogens is 2. The summed E-state index contributed by atoms with van der Waals surface area (Å²) in [6, 6.07) is 8.49. The van der Waals surface area contributed by atoms with Gasteiger partial charge in [-0.05, 0) is 24.0 Å². The maximum absolute atomic E-state index is 5.58. The molecule has 0 bridgehead atoms. The van der Waals surface area contributed by atoms with Crippen LogP contribution >= 0.6 is 0 Å². The van der Waals surface area contributed by atoms with Crippen LogP contribution in [0.4, 0.5) is 5.95 Å². The number of aryl methyl sites for hydroxylation is 2. The molecule has 0 aliphatic heterocycles. The van der Waals surface area contributed by atoms with Crippen molar-refractivity contribution in [2.45, 2.75) is 12.8 Å².